The summed E-state index contributed by atoms with van der Waals surface area (Å²) in [6.45, 7) is 2.70. The lowest BCUT2D eigenvalue weighted by Gasteiger charge is -2.19. The third-order valence-corrected chi connectivity index (χ3v) is 3.25. The number of rotatable bonds is 5. The second kappa shape index (κ2) is 6.59. The van der Waals surface area contributed by atoms with Crippen molar-refractivity contribution in [2.75, 3.05) is 13.1 Å². The molecule has 0 spiro atoms. The number of aromatic amines is 1. The molecule has 1 aromatic heterocycles. The summed E-state index contributed by atoms with van der Waals surface area (Å²) in [6.07, 6.45) is -2.53. The summed E-state index contributed by atoms with van der Waals surface area (Å²) < 4.78 is 37.4. The Kier molecular flexibility index (Phi) is 4.79. The Balaban J connectivity index is 1.97. The van der Waals surface area contributed by atoms with Crippen molar-refractivity contribution in [3.8, 4) is 0 Å². The lowest BCUT2D eigenvalue weighted by atomic mass is 10.1. The average molecular weight is 312 g/mol. The van der Waals surface area contributed by atoms with Gasteiger partial charge in [-0.3, -0.25) is 4.79 Å². The van der Waals surface area contributed by atoms with E-state index >= 15 is 0 Å². The molecule has 8 heteroatoms. The zero-order valence-corrected chi connectivity index (χ0v) is 11.9. The maximum Gasteiger partial charge on any atom is 0.416 e. The van der Waals surface area contributed by atoms with E-state index in [-0.39, 0.29) is 11.6 Å². The molecule has 0 saturated carbocycles. The van der Waals surface area contributed by atoms with Gasteiger partial charge in [0.2, 0.25) is 0 Å². The van der Waals surface area contributed by atoms with Crippen LogP contribution < -0.4 is 0 Å². The van der Waals surface area contributed by atoms with Gasteiger partial charge in [0, 0.05) is 13.1 Å². The smallest absolute Gasteiger partial charge is 0.337 e. The van der Waals surface area contributed by atoms with Crippen LogP contribution in [-0.4, -0.2) is 39.3 Å². The van der Waals surface area contributed by atoms with Crippen molar-refractivity contribution < 1.29 is 18.0 Å². The number of H-pyrrole nitrogens is 1. The second-order valence-corrected chi connectivity index (χ2v) is 4.68. The van der Waals surface area contributed by atoms with Crippen molar-refractivity contribution in [1.29, 1.82) is 0 Å². The van der Waals surface area contributed by atoms with E-state index in [9.17, 15) is 18.0 Å². The number of nitrogens with one attached hydrogen (secondary N) is 1. The molecule has 0 aliphatic heterocycles. The number of hydrogen-bond acceptors (Lipinski definition) is 3. The summed E-state index contributed by atoms with van der Waals surface area (Å²) in [5, 5.41) is 9.68. The van der Waals surface area contributed by atoms with Crippen LogP contribution in [0.5, 0.6) is 0 Å². The zero-order chi connectivity index (χ0) is 16.2. The Morgan fingerprint density at radius 2 is 1.95 bits per heavy atom. The number of likely N-dealkylation sites (N-methyl/N-ethyl adjacent to an activating group) is 1. The molecule has 0 unspecified atom stereocenters. The molecule has 1 heterocycles. The zero-order valence-electron chi connectivity index (χ0n) is 11.9. The molecule has 1 amide bonds. The summed E-state index contributed by atoms with van der Waals surface area (Å²) in [5.41, 5.74) is 0.274. The van der Waals surface area contributed by atoms with E-state index in [0.29, 0.717) is 19.5 Å². The van der Waals surface area contributed by atoms with Crippen molar-refractivity contribution in [1.82, 2.24) is 20.3 Å². The fourth-order valence-electron chi connectivity index (χ4n) is 1.99. The first-order chi connectivity index (χ1) is 10.4. The highest BCUT2D eigenvalue weighted by molar-refractivity contribution is 5.91. The highest BCUT2D eigenvalue weighted by atomic mass is 19.4. The van der Waals surface area contributed by atoms with Crippen molar-refractivity contribution in [3.05, 3.63) is 47.3 Å². The van der Waals surface area contributed by atoms with Gasteiger partial charge in [0.05, 0.1) is 11.8 Å². The van der Waals surface area contributed by atoms with E-state index in [0.717, 1.165) is 17.7 Å². The normalized spacial score (nSPS) is 11.5. The van der Waals surface area contributed by atoms with Gasteiger partial charge >= 0.3 is 6.18 Å². The number of nitrogens with zero attached hydrogens (tertiary/aromatic N) is 3. The van der Waals surface area contributed by atoms with Crippen molar-refractivity contribution >= 4 is 5.91 Å². The summed E-state index contributed by atoms with van der Waals surface area (Å²) in [6, 6.07) is 4.95. The number of aromatic nitrogens is 3. The van der Waals surface area contributed by atoms with Crippen LogP contribution in [0.4, 0.5) is 13.2 Å². The third-order valence-electron chi connectivity index (χ3n) is 3.25. The summed E-state index contributed by atoms with van der Waals surface area (Å²) in [4.78, 5) is 13.7. The SMILES string of the molecule is CCN(CCc1ccc(C(F)(F)F)cc1)C(=O)c1cn[nH]n1. The maximum absolute atomic E-state index is 12.5. The van der Waals surface area contributed by atoms with Crippen LogP contribution in [0, 0.1) is 0 Å². The van der Waals surface area contributed by atoms with Gasteiger partial charge in [0.25, 0.3) is 5.91 Å². The maximum atomic E-state index is 12.5. The molecule has 1 N–H and O–H groups in total. The van der Waals surface area contributed by atoms with Crippen LogP contribution in [0.3, 0.4) is 0 Å². The molecule has 5 nitrogen and oxygen atoms in total. The van der Waals surface area contributed by atoms with E-state index in [1.54, 1.807) is 4.90 Å². The van der Waals surface area contributed by atoms with Gasteiger partial charge in [-0.05, 0) is 31.0 Å². The van der Waals surface area contributed by atoms with E-state index < -0.39 is 11.7 Å². The van der Waals surface area contributed by atoms with E-state index in [4.69, 9.17) is 0 Å². The fourth-order valence-corrected chi connectivity index (χ4v) is 1.99. The predicted octanol–water partition coefficient (Wildman–Crippen LogP) is 2.53. The highest BCUT2D eigenvalue weighted by Crippen LogP contribution is 2.29. The molecular weight excluding hydrogens is 297 g/mol. The molecule has 0 fully saturated rings. The molecule has 0 saturated heterocycles. The number of hydrogen-bond donors (Lipinski definition) is 1. The van der Waals surface area contributed by atoms with Crippen LogP contribution in [0.15, 0.2) is 30.5 Å². The molecule has 0 bridgehead atoms. The van der Waals surface area contributed by atoms with Crippen molar-refractivity contribution in [2.45, 2.75) is 19.5 Å². The first-order valence-corrected chi connectivity index (χ1v) is 6.73. The van der Waals surface area contributed by atoms with Gasteiger partial charge in [0.15, 0.2) is 5.69 Å². The minimum absolute atomic E-state index is 0.217. The van der Waals surface area contributed by atoms with E-state index in [1.807, 2.05) is 6.92 Å². The monoisotopic (exact) mass is 312 g/mol. The Bertz CT molecular complexity index is 608. The van der Waals surface area contributed by atoms with Gasteiger partial charge in [0.1, 0.15) is 0 Å². The molecule has 22 heavy (non-hydrogen) atoms. The third kappa shape index (κ3) is 3.84. The van der Waals surface area contributed by atoms with Crippen LogP contribution in [0.25, 0.3) is 0 Å². The number of benzene rings is 1. The summed E-state index contributed by atoms with van der Waals surface area (Å²) in [5.74, 6) is -0.261. The second-order valence-electron chi connectivity index (χ2n) is 4.68. The van der Waals surface area contributed by atoms with E-state index in [1.165, 1.54) is 18.3 Å². The highest BCUT2D eigenvalue weighted by Gasteiger charge is 2.29. The summed E-state index contributed by atoms with van der Waals surface area (Å²) >= 11 is 0. The molecule has 0 radical (unpaired) electrons. The molecular formula is C14H15F3N4O. The number of carbonyl (C=O) groups is 1. The fraction of sp³-hybridized carbons (Fsp3) is 0.357. The number of carbonyl (C=O) groups excluding carboxylic acids is 1. The molecule has 1 aromatic carbocycles. The standard InChI is InChI=1S/C14H15F3N4O/c1-2-21(13(22)12-9-18-20-19-12)8-7-10-3-5-11(6-4-10)14(15,16)17/h3-6,9H,2,7-8H2,1H3,(H,18,19,20). The van der Waals surface area contributed by atoms with E-state index in [2.05, 4.69) is 15.4 Å². The quantitative estimate of drug-likeness (QED) is 0.923. The van der Waals surface area contributed by atoms with Gasteiger partial charge in [-0.2, -0.15) is 28.6 Å². The predicted molar refractivity (Wildman–Crippen MR) is 73.1 cm³/mol. The summed E-state index contributed by atoms with van der Waals surface area (Å²) in [7, 11) is 0. The Hall–Kier alpha value is -2.38. The average Bonchev–Trinajstić information content (AvgIpc) is 3.01. The lowest BCUT2D eigenvalue weighted by Crippen LogP contribution is -2.33. The van der Waals surface area contributed by atoms with Gasteiger partial charge < -0.3 is 4.90 Å². The van der Waals surface area contributed by atoms with Crippen molar-refractivity contribution in [2.24, 2.45) is 0 Å². The van der Waals surface area contributed by atoms with Crippen LogP contribution in [0.1, 0.15) is 28.5 Å². The Morgan fingerprint density at radius 1 is 1.27 bits per heavy atom. The Labute approximate surface area is 125 Å². The molecule has 0 atom stereocenters. The number of alkyl halides is 3. The van der Waals surface area contributed by atoms with Crippen LogP contribution >= 0.6 is 0 Å². The minimum atomic E-state index is -4.34. The van der Waals surface area contributed by atoms with Crippen LogP contribution in [0.2, 0.25) is 0 Å². The van der Waals surface area contributed by atoms with Crippen LogP contribution in [-0.2, 0) is 12.6 Å². The lowest BCUT2D eigenvalue weighted by molar-refractivity contribution is -0.137. The topological polar surface area (TPSA) is 61.9 Å². The number of amides is 1. The molecule has 0 aliphatic rings. The first-order valence-electron chi connectivity index (χ1n) is 6.73. The molecule has 118 valence electrons. The number of halogens is 3. The largest absolute Gasteiger partial charge is 0.416 e. The van der Waals surface area contributed by atoms with Gasteiger partial charge in [-0.25, -0.2) is 0 Å². The van der Waals surface area contributed by atoms with Gasteiger partial charge in [-0.15, -0.1) is 0 Å². The molecule has 2 rings (SSSR count). The first kappa shape index (κ1) is 16.0. The Morgan fingerprint density at radius 3 is 2.45 bits per heavy atom. The molecule has 2 aromatic rings. The van der Waals surface area contributed by atoms with Gasteiger partial charge in [-0.1, -0.05) is 12.1 Å². The van der Waals surface area contributed by atoms with Crippen molar-refractivity contribution in [3.63, 3.8) is 0 Å². The molecule has 0 aliphatic carbocycles. The minimum Gasteiger partial charge on any atom is -0.337 e.